The second-order valence-corrected chi connectivity index (χ2v) is 5.62. The summed E-state index contributed by atoms with van der Waals surface area (Å²) in [4.78, 5) is 16.3. The lowest BCUT2D eigenvalue weighted by Crippen LogP contribution is -2.42. The third-order valence-electron chi connectivity index (χ3n) is 3.21. The van der Waals surface area contributed by atoms with Gasteiger partial charge in [-0.1, -0.05) is 11.6 Å². The van der Waals surface area contributed by atoms with Crippen molar-refractivity contribution in [3.8, 4) is 0 Å². The summed E-state index contributed by atoms with van der Waals surface area (Å²) in [6.45, 7) is 3.59. The lowest BCUT2D eigenvalue weighted by molar-refractivity contribution is -0.120. The number of nitrogen functional groups attached to an aromatic ring is 1. The van der Waals surface area contributed by atoms with Crippen LogP contribution in [0.25, 0.3) is 0 Å². The van der Waals surface area contributed by atoms with Gasteiger partial charge in [-0.25, -0.2) is 0 Å². The Morgan fingerprint density at radius 1 is 1.35 bits per heavy atom. The first-order valence-electron chi connectivity index (χ1n) is 6.52. The largest absolute Gasteiger partial charge is 0.397 e. The van der Waals surface area contributed by atoms with Crippen molar-refractivity contribution in [1.29, 1.82) is 0 Å². The second-order valence-electron chi connectivity index (χ2n) is 5.18. The number of likely N-dealkylation sites (N-methyl/N-ethyl adjacent to an activating group) is 2. The Morgan fingerprint density at radius 3 is 2.55 bits per heavy atom. The van der Waals surface area contributed by atoms with Crippen molar-refractivity contribution >= 4 is 28.9 Å². The van der Waals surface area contributed by atoms with Gasteiger partial charge in [0, 0.05) is 18.1 Å². The molecule has 0 saturated heterocycles. The Labute approximate surface area is 125 Å². The number of hydrogen-bond donors (Lipinski definition) is 2. The highest BCUT2D eigenvalue weighted by molar-refractivity contribution is 6.31. The number of halogens is 1. The fourth-order valence-electron chi connectivity index (χ4n) is 1.64. The summed E-state index contributed by atoms with van der Waals surface area (Å²) in [6.07, 6.45) is 0. The molecule has 1 atom stereocenters. The molecular formula is C14H23ClN4O. The molecule has 6 heteroatoms. The number of carbonyl (C=O) groups is 1. The van der Waals surface area contributed by atoms with Crippen LogP contribution >= 0.6 is 11.6 Å². The summed E-state index contributed by atoms with van der Waals surface area (Å²) >= 11 is 5.83. The Balaban J connectivity index is 2.61. The minimum Gasteiger partial charge on any atom is -0.397 e. The number of amides is 1. The maximum absolute atomic E-state index is 12.2. The first kappa shape index (κ1) is 16.8. The zero-order chi connectivity index (χ0) is 15.3. The molecule has 3 N–H and O–H groups in total. The van der Waals surface area contributed by atoms with Crippen LogP contribution in [0.2, 0.25) is 5.02 Å². The molecule has 1 rings (SSSR count). The third kappa shape index (κ3) is 5.00. The molecule has 0 saturated carbocycles. The summed E-state index contributed by atoms with van der Waals surface area (Å²) in [5.74, 6) is -0.0831. The standard InChI is InChI=1S/C14H23ClN4O/c1-10(19(4)8-7-18(2)3)14(20)17-13-6-5-11(15)9-12(13)16/h5-6,9-10H,7-8,16H2,1-4H3,(H,17,20). The molecule has 1 unspecified atom stereocenters. The summed E-state index contributed by atoms with van der Waals surface area (Å²) in [5.41, 5.74) is 6.88. The van der Waals surface area contributed by atoms with Crippen LogP contribution in [0.15, 0.2) is 18.2 Å². The highest BCUT2D eigenvalue weighted by Crippen LogP contribution is 2.22. The van der Waals surface area contributed by atoms with Gasteiger partial charge in [-0.3, -0.25) is 9.69 Å². The van der Waals surface area contributed by atoms with Crippen LogP contribution in [-0.2, 0) is 4.79 Å². The lowest BCUT2D eigenvalue weighted by atomic mass is 10.2. The highest BCUT2D eigenvalue weighted by Gasteiger charge is 2.18. The van der Waals surface area contributed by atoms with Gasteiger partial charge in [-0.05, 0) is 46.3 Å². The normalized spacial score (nSPS) is 12.8. The Hall–Kier alpha value is -1.30. The fraction of sp³-hybridized carbons (Fsp3) is 0.500. The first-order valence-corrected chi connectivity index (χ1v) is 6.90. The highest BCUT2D eigenvalue weighted by atomic mass is 35.5. The van der Waals surface area contributed by atoms with Crippen molar-refractivity contribution in [1.82, 2.24) is 9.80 Å². The van der Waals surface area contributed by atoms with Crippen molar-refractivity contribution in [2.24, 2.45) is 0 Å². The molecule has 0 fully saturated rings. The van der Waals surface area contributed by atoms with Crippen molar-refractivity contribution < 1.29 is 4.79 Å². The number of benzene rings is 1. The number of rotatable bonds is 6. The monoisotopic (exact) mass is 298 g/mol. The van der Waals surface area contributed by atoms with Gasteiger partial charge in [0.15, 0.2) is 0 Å². The predicted molar refractivity (Wildman–Crippen MR) is 85.1 cm³/mol. The number of nitrogens with two attached hydrogens (primary N) is 1. The number of nitrogens with one attached hydrogen (secondary N) is 1. The fourth-order valence-corrected chi connectivity index (χ4v) is 1.82. The molecule has 0 aliphatic heterocycles. The van der Waals surface area contributed by atoms with E-state index in [0.29, 0.717) is 16.4 Å². The number of anilines is 2. The maximum Gasteiger partial charge on any atom is 0.241 e. The summed E-state index contributed by atoms with van der Waals surface area (Å²) in [6, 6.07) is 4.80. The van der Waals surface area contributed by atoms with Gasteiger partial charge in [0.05, 0.1) is 17.4 Å². The zero-order valence-corrected chi connectivity index (χ0v) is 13.2. The van der Waals surface area contributed by atoms with Gasteiger partial charge >= 0.3 is 0 Å². The quantitative estimate of drug-likeness (QED) is 0.786. The smallest absolute Gasteiger partial charge is 0.241 e. The lowest BCUT2D eigenvalue weighted by Gasteiger charge is -2.25. The molecule has 0 aromatic heterocycles. The van der Waals surface area contributed by atoms with Crippen molar-refractivity contribution in [3.05, 3.63) is 23.2 Å². The van der Waals surface area contributed by atoms with E-state index in [1.807, 2.05) is 33.0 Å². The van der Waals surface area contributed by atoms with E-state index in [1.165, 1.54) is 0 Å². The van der Waals surface area contributed by atoms with Gasteiger partial charge in [-0.15, -0.1) is 0 Å². The Bertz CT molecular complexity index is 464. The number of carbonyl (C=O) groups excluding carboxylic acids is 1. The molecule has 1 aromatic rings. The van der Waals surface area contributed by atoms with Crippen LogP contribution in [0, 0.1) is 0 Å². The minimum atomic E-state index is -0.231. The van der Waals surface area contributed by atoms with E-state index in [2.05, 4.69) is 10.2 Å². The van der Waals surface area contributed by atoms with Gasteiger partial charge in [-0.2, -0.15) is 0 Å². The molecule has 0 bridgehead atoms. The molecule has 0 heterocycles. The molecule has 0 aliphatic rings. The van der Waals surface area contributed by atoms with Gasteiger partial charge in [0.1, 0.15) is 0 Å². The number of hydrogen-bond acceptors (Lipinski definition) is 4. The minimum absolute atomic E-state index is 0.0831. The predicted octanol–water partition coefficient (Wildman–Crippen LogP) is 1.74. The topological polar surface area (TPSA) is 61.6 Å². The zero-order valence-electron chi connectivity index (χ0n) is 12.5. The SMILES string of the molecule is CC(C(=O)Nc1ccc(Cl)cc1N)N(C)CCN(C)C. The average molecular weight is 299 g/mol. The molecule has 1 amide bonds. The van der Waals surface area contributed by atoms with E-state index in [4.69, 9.17) is 17.3 Å². The molecule has 0 spiro atoms. The van der Waals surface area contributed by atoms with Crippen LogP contribution in [0.1, 0.15) is 6.92 Å². The Kier molecular flexibility index (Phi) is 6.26. The Morgan fingerprint density at radius 2 is 2.00 bits per heavy atom. The van der Waals surface area contributed by atoms with Crippen LogP contribution in [0.3, 0.4) is 0 Å². The van der Waals surface area contributed by atoms with Gasteiger partial charge in [0.2, 0.25) is 5.91 Å². The van der Waals surface area contributed by atoms with Crippen molar-refractivity contribution in [3.63, 3.8) is 0 Å². The second kappa shape index (κ2) is 7.47. The molecule has 0 aliphatic carbocycles. The first-order chi connectivity index (χ1) is 9.31. The van der Waals surface area contributed by atoms with E-state index in [-0.39, 0.29) is 11.9 Å². The van der Waals surface area contributed by atoms with E-state index in [0.717, 1.165) is 13.1 Å². The van der Waals surface area contributed by atoms with E-state index < -0.39 is 0 Å². The molecular weight excluding hydrogens is 276 g/mol. The summed E-state index contributed by atoms with van der Waals surface area (Å²) in [5, 5.41) is 3.38. The van der Waals surface area contributed by atoms with Crippen LogP contribution in [0.4, 0.5) is 11.4 Å². The molecule has 20 heavy (non-hydrogen) atoms. The van der Waals surface area contributed by atoms with Gasteiger partial charge < -0.3 is 16.0 Å². The van der Waals surface area contributed by atoms with E-state index in [1.54, 1.807) is 18.2 Å². The van der Waals surface area contributed by atoms with E-state index in [9.17, 15) is 4.79 Å². The molecule has 1 aromatic carbocycles. The number of nitrogens with zero attached hydrogens (tertiary/aromatic N) is 2. The molecule has 0 radical (unpaired) electrons. The van der Waals surface area contributed by atoms with Crippen LogP contribution in [0.5, 0.6) is 0 Å². The van der Waals surface area contributed by atoms with Crippen LogP contribution < -0.4 is 11.1 Å². The average Bonchev–Trinajstić information content (AvgIpc) is 2.38. The van der Waals surface area contributed by atoms with E-state index >= 15 is 0 Å². The summed E-state index contributed by atoms with van der Waals surface area (Å²) < 4.78 is 0. The van der Waals surface area contributed by atoms with Crippen LogP contribution in [-0.4, -0.2) is 56.0 Å². The molecule has 5 nitrogen and oxygen atoms in total. The maximum atomic E-state index is 12.2. The third-order valence-corrected chi connectivity index (χ3v) is 3.45. The molecule has 112 valence electrons. The van der Waals surface area contributed by atoms with Gasteiger partial charge in [0.25, 0.3) is 0 Å². The van der Waals surface area contributed by atoms with Crippen molar-refractivity contribution in [2.45, 2.75) is 13.0 Å². The summed E-state index contributed by atoms with van der Waals surface area (Å²) in [7, 11) is 5.94. The van der Waals surface area contributed by atoms with Crippen molar-refractivity contribution in [2.75, 3.05) is 45.3 Å².